The number of aromatic nitrogens is 2. The summed E-state index contributed by atoms with van der Waals surface area (Å²) in [7, 11) is 1.63. The van der Waals surface area contributed by atoms with Crippen LogP contribution in [0, 0.1) is 0 Å². The molecule has 1 N–H and O–H groups in total. The number of hydrogen-bond donors (Lipinski definition) is 1. The first-order valence-electron chi connectivity index (χ1n) is 8.51. The van der Waals surface area contributed by atoms with Crippen molar-refractivity contribution in [1.82, 2.24) is 10.2 Å². The first-order valence-corrected chi connectivity index (χ1v) is 9.50. The fraction of sp³-hybridized carbons (Fsp3) is 0.211. The Balaban J connectivity index is 1.29. The van der Waals surface area contributed by atoms with Crippen LogP contribution < -0.4 is 19.5 Å². The number of methoxy groups -OCH3 is 1. The number of fused-ring (bicyclic) bond motifs is 1. The summed E-state index contributed by atoms with van der Waals surface area (Å²) in [6.07, 6.45) is 0.318. The number of nitrogens with one attached hydrogen (secondary N) is 1. The summed E-state index contributed by atoms with van der Waals surface area (Å²) in [6.45, 7) is 0.193. The second-order valence-corrected chi connectivity index (χ2v) is 6.97. The van der Waals surface area contributed by atoms with Gasteiger partial charge in [0.2, 0.25) is 18.6 Å². The van der Waals surface area contributed by atoms with Crippen LogP contribution in [0.4, 0.5) is 6.01 Å². The summed E-state index contributed by atoms with van der Waals surface area (Å²) in [4.78, 5) is 13.2. The van der Waals surface area contributed by atoms with Gasteiger partial charge >= 0.3 is 6.01 Å². The number of anilines is 1. The molecule has 9 heteroatoms. The predicted molar refractivity (Wildman–Crippen MR) is 103 cm³/mol. The minimum Gasteiger partial charge on any atom is -0.497 e. The molecule has 0 atom stereocenters. The molecule has 1 aromatic heterocycles. The average Bonchev–Trinajstić information content (AvgIpc) is 3.37. The van der Waals surface area contributed by atoms with E-state index in [0.717, 1.165) is 10.6 Å². The molecule has 0 fully saturated rings. The van der Waals surface area contributed by atoms with Gasteiger partial charge in [0, 0.05) is 22.6 Å². The zero-order valence-electron chi connectivity index (χ0n) is 15.0. The van der Waals surface area contributed by atoms with E-state index in [1.165, 1.54) is 0 Å². The van der Waals surface area contributed by atoms with Gasteiger partial charge in [0.05, 0.1) is 7.11 Å². The molecule has 3 aromatic rings. The van der Waals surface area contributed by atoms with Crippen molar-refractivity contribution in [2.45, 2.75) is 11.3 Å². The number of hydrogen-bond acceptors (Lipinski definition) is 8. The van der Waals surface area contributed by atoms with Gasteiger partial charge in [-0.25, -0.2) is 0 Å². The molecule has 2 aromatic carbocycles. The third kappa shape index (κ3) is 4.20. The molecule has 0 saturated heterocycles. The average molecular weight is 399 g/mol. The molecule has 8 nitrogen and oxygen atoms in total. The van der Waals surface area contributed by atoms with Crippen LogP contribution in [0.2, 0.25) is 0 Å². The van der Waals surface area contributed by atoms with E-state index in [9.17, 15) is 4.79 Å². The molecule has 2 heterocycles. The Morgan fingerprint density at radius 1 is 1.14 bits per heavy atom. The molecule has 0 bridgehead atoms. The Morgan fingerprint density at radius 2 is 1.96 bits per heavy atom. The summed E-state index contributed by atoms with van der Waals surface area (Å²) >= 11 is 1.58. The summed E-state index contributed by atoms with van der Waals surface area (Å²) in [5.41, 5.74) is 0.687. The number of benzene rings is 2. The topological polar surface area (TPSA) is 95.7 Å². The van der Waals surface area contributed by atoms with Crippen molar-refractivity contribution < 1.29 is 23.4 Å². The maximum Gasteiger partial charge on any atom is 0.322 e. The van der Waals surface area contributed by atoms with Crippen LogP contribution in [0.3, 0.4) is 0 Å². The highest BCUT2D eigenvalue weighted by atomic mass is 32.2. The second kappa shape index (κ2) is 8.22. The second-order valence-electron chi connectivity index (χ2n) is 5.80. The van der Waals surface area contributed by atoms with E-state index >= 15 is 0 Å². The van der Waals surface area contributed by atoms with Crippen molar-refractivity contribution in [3.05, 3.63) is 42.5 Å². The van der Waals surface area contributed by atoms with E-state index in [1.807, 2.05) is 24.3 Å². The molecule has 0 spiro atoms. The van der Waals surface area contributed by atoms with Crippen molar-refractivity contribution in [2.75, 3.05) is 25.0 Å². The van der Waals surface area contributed by atoms with Crippen molar-refractivity contribution >= 4 is 23.7 Å². The SMILES string of the molecule is COc1ccc(SCCC(=O)Nc2nnc(-c3ccc4c(c3)OCO4)o2)cc1. The maximum absolute atomic E-state index is 12.1. The summed E-state index contributed by atoms with van der Waals surface area (Å²) in [5.74, 6) is 2.82. The number of nitrogens with zero attached hydrogens (tertiary/aromatic N) is 2. The minimum atomic E-state index is -0.193. The number of rotatable bonds is 7. The molecule has 0 unspecified atom stereocenters. The van der Waals surface area contributed by atoms with E-state index in [4.69, 9.17) is 18.6 Å². The van der Waals surface area contributed by atoms with Gasteiger partial charge in [0.25, 0.3) is 0 Å². The Hall–Kier alpha value is -3.20. The lowest BCUT2D eigenvalue weighted by molar-refractivity contribution is -0.115. The lowest BCUT2D eigenvalue weighted by Gasteiger charge is -2.03. The molecule has 28 heavy (non-hydrogen) atoms. The van der Waals surface area contributed by atoms with Crippen LogP contribution in [0.25, 0.3) is 11.5 Å². The molecule has 0 saturated carbocycles. The zero-order chi connectivity index (χ0) is 19.3. The van der Waals surface area contributed by atoms with Gasteiger partial charge in [0.1, 0.15) is 5.75 Å². The first kappa shape index (κ1) is 18.2. The van der Waals surface area contributed by atoms with E-state index < -0.39 is 0 Å². The molecule has 1 amide bonds. The highest BCUT2D eigenvalue weighted by molar-refractivity contribution is 7.99. The molecule has 0 aliphatic carbocycles. The van der Waals surface area contributed by atoms with E-state index in [1.54, 1.807) is 37.1 Å². The van der Waals surface area contributed by atoms with Gasteiger partial charge in [-0.05, 0) is 42.5 Å². The summed E-state index contributed by atoms with van der Waals surface area (Å²) in [6, 6.07) is 13.1. The lowest BCUT2D eigenvalue weighted by atomic mass is 10.2. The van der Waals surface area contributed by atoms with Gasteiger partial charge < -0.3 is 18.6 Å². The maximum atomic E-state index is 12.1. The minimum absolute atomic E-state index is 0.0621. The summed E-state index contributed by atoms with van der Waals surface area (Å²) in [5, 5.41) is 10.5. The Morgan fingerprint density at radius 3 is 2.79 bits per heavy atom. The standard InChI is InChI=1S/C19H17N3O5S/c1-24-13-3-5-14(6-4-13)28-9-8-17(23)20-19-22-21-18(27-19)12-2-7-15-16(10-12)26-11-25-15/h2-7,10H,8-9,11H2,1H3,(H,20,22,23). The number of carbonyl (C=O) groups excluding carboxylic acids is 1. The molecular formula is C19H17N3O5S. The predicted octanol–water partition coefficient (Wildman–Crippen LogP) is 3.59. The number of thioether (sulfide) groups is 1. The molecule has 1 aliphatic heterocycles. The summed E-state index contributed by atoms with van der Waals surface area (Å²) < 4.78 is 21.3. The Labute approximate surface area is 165 Å². The van der Waals surface area contributed by atoms with Crippen LogP contribution in [-0.2, 0) is 4.79 Å². The highest BCUT2D eigenvalue weighted by Gasteiger charge is 2.17. The molecule has 1 aliphatic rings. The van der Waals surface area contributed by atoms with Crippen LogP contribution >= 0.6 is 11.8 Å². The largest absolute Gasteiger partial charge is 0.497 e. The van der Waals surface area contributed by atoms with Crippen molar-refractivity contribution in [2.24, 2.45) is 0 Å². The normalized spacial score (nSPS) is 12.0. The number of carbonyl (C=O) groups is 1. The monoisotopic (exact) mass is 399 g/mol. The van der Waals surface area contributed by atoms with Gasteiger partial charge in [-0.2, -0.15) is 0 Å². The Kier molecular flexibility index (Phi) is 5.34. The van der Waals surface area contributed by atoms with Gasteiger partial charge in [-0.3, -0.25) is 10.1 Å². The van der Waals surface area contributed by atoms with Crippen LogP contribution in [0.15, 0.2) is 51.8 Å². The molecule has 0 radical (unpaired) electrons. The fourth-order valence-electron chi connectivity index (χ4n) is 2.54. The van der Waals surface area contributed by atoms with Crippen LogP contribution in [-0.4, -0.2) is 35.8 Å². The molecule has 144 valence electrons. The van der Waals surface area contributed by atoms with Crippen LogP contribution in [0.5, 0.6) is 17.2 Å². The smallest absolute Gasteiger partial charge is 0.322 e. The highest BCUT2D eigenvalue weighted by Crippen LogP contribution is 2.35. The first-order chi connectivity index (χ1) is 13.7. The fourth-order valence-corrected chi connectivity index (χ4v) is 3.39. The van der Waals surface area contributed by atoms with E-state index in [2.05, 4.69) is 15.5 Å². The third-order valence-electron chi connectivity index (χ3n) is 3.95. The molecular weight excluding hydrogens is 382 g/mol. The lowest BCUT2D eigenvalue weighted by Crippen LogP contribution is -2.12. The molecule has 4 rings (SSSR count). The van der Waals surface area contributed by atoms with Gasteiger partial charge in [-0.1, -0.05) is 5.10 Å². The van der Waals surface area contributed by atoms with Gasteiger partial charge in [-0.15, -0.1) is 16.9 Å². The van der Waals surface area contributed by atoms with Gasteiger partial charge in [0.15, 0.2) is 11.5 Å². The number of amides is 1. The van der Waals surface area contributed by atoms with E-state index in [0.29, 0.717) is 35.1 Å². The van der Waals surface area contributed by atoms with Crippen molar-refractivity contribution in [1.29, 1.82) is 0 Å². The number of ether oxygens (including phenoxy) is 3. The Bertz CT molecular complexity index is 974. The van der Waals surface area contributed by atoms with Crippen LogP contribution in [0.1, 0.15) is 6.42 Å². The third-order valence-corrected chi connectivity index (χ3v) is 4.96. The van der Waals surface area contributed by atoms with Crippen molar-refractivity contribution in [3.63, 3.8) is 0 Å². The van der Waals surface area contributed by atoms with E-state index in [-0.39, 0.29) is 18.7 Å². The zero-order valence-corrected chi connectivity index (χ0v) is 15.8. The van der Waals surface area contributed by atoms with Crippen molar-refractivity contribution in [3.8, 4) is 28.7 Å². The quantitative estimate of drug-likeness (QED) is 0.602.